The van der Waals surface area contributed by atoms with Crippen molar-refractivity contribution in [2.45, 2.75) is 58.4 Å². The van der Waals surface area contributed by atoms with Crippen LogP contribution in [-0.4, -0.2) is 11.8 Å². The highest BCUT2D eigenvalue weighted by molar-refractivity contribution is 5.99. The zero-order valence-corrected chi connectivity index (χ0v) is 15.6. The molecule has 2 aromatic carbocycles. The van der Waals surface area contributed by atoms with Crippen LogP contribution in [0, 0.1) is 0 Å². The number of hydrogen-bond acceptors (Lipinski definition) is 2. The molecule has 0 spiro atoms. The zero-order valence-electron chi connectivity index (χ0n) is 15.6. The predicted molar refractivity (Wildman–Crippen MR) is 105 cm³/mol. The highest BCUT2D eigenvalue weighted by atomic mass is 15.0. The van der Waals surface area contributed by atoms with Crippen molar-refractivity contribution in [1.29, 1.82) is 0 Å². The lowest BCUT2D eigenvalue weighted by Gasteiger charge is -2.23. The Balaban J connectivity index is 0.000000141. The van der Waals surface area contributed by atoms with E-state index in [2.05, 4.69) is 94.3 Å². The van der Waals surface area contributed by atoms with Crippen molar-refractivity contribution in [3.63, 3.8) is 0 Å². The van der Waals surface area contributed by atoms with E-state index >= 15 is 0 Å². The number of hydrogen-bond donors (Lipinski definition) is 1. The van der Waals surface area contributed by atoms with Crippen molar-refractivity contribution in [2.75, 3.05) is 5.32 Å². The first-order valence-corrected chi connectivity index (χ1v) is 8.76. The van der Waals surface area contributed by atoms with Gasteiger partial charge in [0.1, 0.15) is 0 Å². The Morgan fingerprint density at radius 2 is 1.46 bits per heavy atom. The fourth-order valence-electron chi connectivity index (χ4n) is 3.43. The standard InChI is InChI=1S/C11H15N.C11H13N/c2*1-8-11(2,3)9-6-4-5-7-10(9)12-8/h4-8,12H,1-3H3;4-7H,1-3H3. The summed E-state index contributed by atoms with van der Waals surface area (Å²) in [6.07, 6.45) is 0. The van der Waals surface area contributed by atoms with E-state index in [9.17, 15) is 0 Å². The molecule has 2 aliphatic heterocycles. The number of anilines is 1. The lowest BCUT2D eigenvalue weighted by Crippen LogP contribution is -2.29. The maximum absolute atomic E-state index is 4.52. The molecule has 0 saturated heterocycles. The molecule has 2 aromatic rings. The monoisotopic (exact) mass is 320 g/mol. The Labute approximate surface area is 146 Å². The molecule has 0 aromatic heterocycles. The Morgan fingerprint density at radius 1 is 0.875 bits per heavy atom. The summed E-state index contributed by atoms with van der Waals surface area (Å²) in [5.74, 6) is 0. The molecule has 1 N–H and O–H groups in total. The summed E-state index contributed by atoms with van der Waals surface area (Å²) >= 11 is 0. The van der Waals surface area contributed by atoms with E-state index < -0.39 is 0 Å². The summed E-state index contributed by atoms with van der Waals surface area (Å²) in [4.78, 5) is 4.52. The third-order valence-electron chi connectivity index (χ3n) is 5.85. The Bertz CT molecular complexity index is 778. The average Bonchev–Trinajstić information content (AvgIpc) is 2.92. The van der Waals surface area contributed by atoms with Gasteiger partial charge in [-0.05, 0) is 37.1 Å². The summed E-state index contributed by atoms with van der Waals surface area (Å²) in [5.41, 5.74) is 6.85. The molecule has 1 atom stereocenters. The van der Waals surface area contributed by atoms with Crippen LogP contribution >= 0.6 is 0 Å². The van der Waals surface area contributed by atoms with Crippen LogP contribution in [0.1, 0.15) is 52.7 Å². The summed E-state index contributed by atoms with van der Waals surface area (Å²) in [6, 6.07) is 17.5. The van der Waals surface area contributed by atoms with Crippen molar-refractivity contribution < 1.29 is 0 Å². The van der Waals surface area contributed by atoms with Crippen molar-refractivity contribution >= 4 is 17.1 Å². The maximum Gasteiger partial charge on any atom is 0.0670 e. The van der Waals surface area contributed by atoms with E-state index in [1.54, 1.807) is 0 Å². The average molecular weight is 320 g/mol. The van der Waals surface area contributed by atoms with Gasteiger partial charge in [-0.25, -0.2) is 0 Å². The Hall–Kier alpha value is -2.09. The number of benzene rings is 2. The molecule has 2 heteroatoms. The van der Waals surface area contributed by atoms with Gasteiger partial charge in [0, 0.05) is 28.3 Å². The molecule has 2 heterocycles. The van der Waals surface area contributed by atoms with Gasteiger partial charge in [-0.3, -0.25) is 4.99 Å². The lowest BCUT2D eigenvalue weighted by molar-refractivity contribution is 0.486. The van der Waals surface area contributed by atoms with Gasteiger partial charge in [0.15, 0.2) is 0 Å². The number of nitrogens with one attached hydrogen (secondary N) is 1. The second kappa shape index (κ2) is 5.77. The molecule has 0 radical (unpaired) electrons. The molecule has 4 rings (SSSR count). The van der Waals surface area contributed by atoms with Crippen LogP contribution < -0.4 is 5.32 Å². The summed E-state index contributed by atoms with van der Waals surface area (Å²) in [6.45, 7) is 13.3. The summed E-state index contributed by atoms with van der Waals surface area (Å²) in [7, 11) is 0. The van der Waals surface area contributed by atoms with E-state index in [-0.39, 0.29) is 10.8 Å². The molecule has 2 nitrogen and oxygen atoms in total. The van der Waals surface area contributed by atoms with Gasteiger partial charge in [-0.1, -0.05) is 64.1 Å². The van der Waals surface area contributed by atoms with E-state index in [4.69, 9.17) is 0 Å². The summed E-state index contributed by atoms with van der Waals surface area (Å²) < 4.78 is 0. The van der Waals surface area contributed by atoms with E-state index in [0.29, 0.717) is 6.04 Å². The third kappa shape index (κ3) is 2.64. The van der Waals surface area contributed by atoms with Crippen LogP contribution in [0.5, 0.6) is 0 Å². The normalized spacial score (nSPS) is 21.8. The smallest absolute Gasteiger partial charge is 0.0670 e. The number of para-hydroxylation sites is 2. The Morgan fingerprint density at radius 3 is 2.08 bits per heavy atom. The quantitative estimate of drug-likeness (QED) is 0.647. The van der Waals surface area contributed by atoms with Crippen molar-refractivity contribution in [3.8, 4) is 0 Å². The second-order valence-electron chi connectivity index (χ2n) is 7.97. The third-order valence-corrected chi connectivity index (χ3v) is 5.85. The minimum absolute atomic E-state index is 0.136. The number of rotatable bonds is 0. The van der Waals surface area contributed by atoms with Gasteiger partial charge in [0.05, 0.1) is 5.69 Å². The van der Waals surface area contributed by atoms with Gasteiger partial charge in [-0.15, -0.1) is 0 Å². The molecule has 2 aliphatic rings. The topological polar surface area (TPSA) is 24.4 Å². The molecular weight excluding hydrogens is 292 g/mol. The lowest BCUT2D eigenvalue weighted by atomic mass is 9.81. The van der Waals surface area contributed by atoms with Crippen molar-refractivity contribution in [3.05, 3.63) is 59.7 Å². The summed E-state index contributed by atoms with van der Waals surface area (Å²) in [5, 5.41) is 3.49. The highest BCUT2D eigenvalue weighted by Crippen LogP contribution is 2.40. The van der Waals surface area contributed by atoms with Crippen LogP contribution in [0.2, 0.25) is 0 Å². The minimum atomic E-state index is 0.136. The SMILES string of the molecule is CC1=Nc2ccccc2C1(C)C.CC1Nc2ccccc2C1(C)C. The minimum Gasteiger partial charge on any atom is -0.381 e. The molecule has 126 valence electrons. The van der Waals surface area contributed by atoms with Crippen LogP contribution in [0.4, 0.5) is 11.4 Å². The molecule has 0 amide bonds. The van der Waals surface area contributed by atoms with Gasteiger partial charge >= 0.3 is 0 Å². The first-order valence-electron chi connectivity index (χ1n) is 8.76. The highest BCUT2D eigenvalue weighted by Gasteiger charge is 2.35. The van der Waals surface area contributed by atoms with Gasteiger partial charge in [0.25, 0.3) is 0 Å². The molecule has 0 fully saturated rings. The number of fused-ring (bicyclic) bond motifs is 2. The van der Waals surface area contributed by atoms with E-state index in [1.165, 1.54) is 22.5 Å². The molecule has 0 aliphatic carbocycles. The van der Waals surface area contributed by atoms with Crippen LogP contribution in [-0.2, 0) is 10.8 Å². The van der Waals surface area contributed by atoms with Crippen LogP contribution in [0.3, 0.4) is 0 Å². The number of aliphatic imine (C=N–C) groups is 1. The van der Waals surface area contributed by atoms with Gasteiger partial charge in [0.2, 0.25) is 0 Å². The van der Waals surface area contributed by atoms with E-state index in [0.717, 1.165) is 5.69 Å². The molecule has 24 heavy (non-hydrogen) atoms. The Kier molecular flexibility index (Phi) is 4.03. The molecule has 1 unspecified atom stereocenters. The van der Waals surface area contributed by atoms with Crippen molar-refractivity contribution in [1.82, 2.24) is 0 Å². The predicted octanol–water partition coefficient (Wildman–Crippen LogP) is 5.85. The second-order valence-corrected chi connectivity index (χ2v) is 7.97. The fraction of sp³-hybridized carbons (Fsp3) is 0.409. The van der Waals surface area contributed by atoms with Crippen LogP contribution in [0.25, 0.3) is 0 Å². The maximum atomic E-state index is 4.52. The fourth-order valence-corrected chi connectivity index (χ4v) is 3.43. The first kappa shape index (κ1) is 16.8. The van der Waals surface area contributed by atoms with Gasteiger partial charge < -0.3 is 5.32 Å². The molecule has 0 saturated carbocycles. The number of nitrogens with zero attached hydrogens (tertiary/aromatic N) is 1. The van der Waals surface area contributed by atoms with Gasteiger partial charge in [-0.2, -0.15) is 0 Å². The zero-order chi connectivity index (χ0) is 17.5. The largest absolute Gasteiger partial charge is 0.381 e. The molecular formula is C22H28N2. The molecule has 0 bridgehead atoms. The van der Waals surface area contributed by atoms with E-state index in [1.807, 2.05) is 6.07 Å². The van der Waals surface area contributed by atoms with Crippen molar-refractivity contribution in [2.24, 2.45) is 4.99 Å². The first-order chi connectivity index (χ1) is 11.2. The van der Waals surface area contributed by atoms with Crippen LogP contribution in [0.15, 0.2) is 53.5 Å².